The van der Waals surface area contributed by atoms with Crippen LogP contribution >= 0.6 is 0 Å². The topological polar surface area (TPSA) is 356 Å². The molecule has 0 aromatic heterocycles. The minimum Gasteiger partial charge on any atom is -0.480 e. The Morgan fingerprint density at radius 2 is 1.38 bits per heavy atom. The van der Waals surface area contributed by atoms with Crippen LogP contribution in [-0.4, -0.2) is 81.2 Å². The van der Waals surface area contributed by atoms with E-state index in [1.54, 1.807) is 42.5 Å². The van der Waals surface area contributed by atoms with E-state index in [0.717, 1.165) is 12.1 Å². The van der Waals surface area contributed by atoms with Crippen molar-refractivity contribution in [1.82, 2.24) is 21.3 Å². The fourth-order valence-corrected chi connectivity index (χ4v) is 5.79. The number of non-ortho nitro benzene ring substituents is 1. The van der Waals surface area contributed by atoms with E-state index in [2.05, 4.69) is 26.3 Å². The van der Waals surface area contributed by atoms with Gasteiger partial charge in [0.2, 0.25) is 17.7 Å². The van der Waals surface area contributed by atoms with Crippen LogP contribution in [0.2, 0.25) is 0 Å². The second kappa shape index (κ2) is 21.8. The number of anilines is 1. The summed E-state index contributed by atoms with van der Waals surface area (Å²) in [6, 6.07) is 11.9. The third-order valence-electron chi connectivity index (χ3n) is 8.88. The van der Waals surface area contributed by atoms with Crippen molar-refractivity contribution in [3.8, 4) is 0 Å². The molecule has 0 fully saturated rings. The lowest BCUT2D eigenvalue weighted by Gasteiger charge is -2.25. The van der Waals surface area contributed by atoms with Crippen molar-refractivity contribution in [3.05, 3.63) is 110 Å². The number of carboxylic acid groups (broad SMARTS) is 1. The Labute approximate surface area is 332 Å². The first kappa shape index (κ1) is 45.2. The van der Waals surface area contributed by atoms with Crippen LogP contribution in [0.15, 0.2) is 77.8 Å². The van der Waals surface area contributed by atoms with Crippen molar-refractivity contribution >= 4 is 52.6 Å². The molecule has 3 aromatic rings. The lowest BCUT2D eigenvalue weighted by molar-refractivity contribution is -0.394. The van der Waals surface area contributed by atoms with Crippen molar-refractivity contribution < 1.29 is 38.9 Å². The number of carboxylic acids is 1. The van der Waals surface area contributed by atoms with Crippen molar-refractivity contribution in [3.63, 3.8) is 0 Å². The van der Waals surface area contributed by atoms with Gasteiger partial charge in [-0.2, -0.15) is 0 Å². The molecular formula is C37H47N11O10. The molecule has 0 bridgehead atoms. The first-order valence-corrected chi connectivity index (χ1v) is 18.0. The molecule has 21 nitrogen and oxygen atoms in total. The second-order valence-corrected chi connectivity index (χ2v) is 13.2. The van der Waals surface area contributed by atoms with Crippen molar-refractivity contribution in [2.75, 3.05) is 12.3 Å². The molecule has 3 rings (SSSR count). The van der Waals surface area contributed by atoms with Crippen LogP contribution in [0.1, 0.15) is 66.6 Å². The number of amides is 4. The molecule has 0 saturated heterocycles. The summed E-state index contributed by atoms with van der Waals surface area (Å²) in [5, 5.41) is 42.6. The third kappa shape index (κ3) is 13.8. The number of nitro benzene ring substituents is 2. The Bertz CT molecular complexity index is 1990. The molecule has 310 valence electrons. The fourth-order valence-electron chi connectivity index (χ4n) is 5.79. The maximum Gasteiger partial charge on any atom is 0.326 e. The molecule has 0 heterocycles. The van der Waals surface area contributed by atoms with Gasteiger partial charge < -0.3 is 49.3 Å². The van der Waals surface area contributed by atoms with Crippen LogP contribution in [0.4, 0.5) is 17.1 Å². The summed E-state index contributed by atoms with van der Waals surface area (Å²) < 4.78 is 0. The van der Waals surface area contributed by atoms with E-state index < -0.39 is 81.0 Å². The van der Waals surface area contributed by atoms with Gasteiger partial charge in [-0.25, -0.2) is 4.79 Å². The van der Waals surface area contributed by atoms with Gasteiger partial charge in [-0.1, -0.05) is 42.5 Å². The number of nitrogens with zero attached hydrogens (tertiary/aromatic N) is 3. The van der Waals surface area contributed by atoms with E-state index in [9.17, 15) is 49.3 Å². The van der Waals surface area contributed by atoms with Gasteiger partial charge >= 0.3 is 5.97 Å². The molecule has 0 aliphatic heterocycles. The van der Waals surface area contributed by atoms with E-state index in [1.807, 2.05) is 0 Å². The van der Waals surface area contributed by atoms with Crippen LogP contribution in [0.3, 0.4) is 0 Å². The Hall–Kier alpha value is -7.16. The normalized spacial score (nSPS) is 13.3. The highest BCUT2D eigenvalue weighted by Crippen LogP contribution is 2.30. The van der Waals surface area contributed by atoms with E-state index in [1.165, 1.54) is 25.1 Å². The largest absolute Gasteiger partial charge is 0.480 e. The molecule has 21 heteroatoms. The molecule has 4 amide bonds. The summed E-state index contributed by atoms with van der Waals surface area (Å²) in [5.74, 6) is -4.64. The number of hydrogen-bond donors (Lipinski definition) is 9. The molecule has 13 N–H and O–H groups in total. The van der Waals surface area contributed by atoms with Gasteiger partial charge in [0, 0.05) is 36.3 Å². The Morgan fingerprint density at radius 1 is 0.759 bits per heavy atom. The van der Waals surface area contributed by atoms with E-state index in [0.29, 0.717) is 5.56 Å². The standard InChI is InChI=1S/C37H47N11O10/c1-21(32(49)45-29(36(53)54)14-7-13-26(38)24-17-16-23(47(55)56)20-31(24)48(57)58)43-34(51)28(15-8-18-42-37(40)41)44-35(52)30(19-22-9-3-2-4-10-22)46-33(50)25-11-5-6-12-27(25)39/h2-6,9-12,16-17,20-21,26,28-30H,7-8,13-15,18-19,38-39H2,1H3,(H,43,51)(H,44,52)(H,45,49)(H,46,50)(H,53,54)(H4,40,41,42)/t21-,26?,28-,29-,30-/m0/s1. The molecule has 0 spiro atoms. The van der Waals surface area contributed by atoms with Crippen LogP contribution < -0.4 is 44.2 Å². The highest BCUT2D eigenvalue weighted by Gasteiger charge is 2.31. The molecule has 0 aliphatic carbocycles. The van der Waals surface area contributed by atoms with E-state index in [-0.39, 0.29) is 67.8 Å². The van der Waals surface area contributed by atoms with Gasteiger partial charge in [0.05, 0.1) is 21.5 Å². The molecular weight excluding hydrogens is 758 g/mol. The SMILES string of the molecule is C[C@H](NC(=O)[C@H](CCCN=C(N)N)NC(=O)[C@H](Cc1ccccc1)NC(=O)c1ccccc1N)C(=O)N[C@@H](CCCC(N)c1ccc([N+](=O)[O-])cc1[N+](=O)[O-])C(=O)O. The summed E-state index contributed by atoms with van der Waals surface area (Å²) in [7, 11) is 0. The fraction of sp³-hybridized carbons (Fsp3) is 0.351. The van der Waals surface area contributed by atoms with E-state index in [4.69, 9.17) is 22.9 Å². The number of nitrogens with two attached hydrogens (primary N) is 4. The molecule has 3 aromatic carbocycles. The zero-order valence-electron chi connectivity index (χ0n) is 31.5. The number of para-hydroxylation sites is 1. The summed E-state index contributed by atoms with van der Waals surface area (Å²) in [4.78, 5) is 90.8. The Morgan fingerprint density at radius 3 is 2.00 bits per heavy atom. The average molecular weight is 806 g/mol. The Kier molecular flexibility index (Phi) is 17.0. The van der Waals surface area contributed by atoms with Crippen molar-refractivity contribution in [2.24, 2.45) is 22.2 Å². The highest BCUT2D eigenvalue weighted by atomic mass is 16.6. The predicted molar refractivity (Wildman–Crippen MR) is 212 cm³/mol. The van der Waals surface area contributed by atoms with Crippen LogP contribution in [0.5, 0.6) is 0 Å². The number of rotatable bonds is 22. The van der Waals surface area contributed by atoms with Gasteiger partial charge in [-0.3, -0.25) is 44.4 Å². The molecule has 58 heavy (non-hydrogen) atoms. The van der Waals surface area contributed by atoms with Gasteiger partial charge in [-0.05, 0) is 62.8 Å². The first-order chi connectivity index (χ1) is 27.5. The lowest BCUT2D eigenvalue weighted by atomic mass is 9.98. The number of nitrogen functional groups attached to an aromatic ring is 1. The monoisotopic (exact) mass is 805 g/mol. The van der Waals surface area contributed by atoms with Crippen LogP contribution in [-0.2, 0) is 25.6 Å². The lowest BCUT2D eigenvalue weighted by Crippen LogP contribution is -2.57. The summed E-state index contributed by atoms with van der Waals surface area (Å²) in [5.41, 5.74) is 22.9. The molecule has 5 atom stereocenters. The number of benzene rings is 3. The minimum absolute atomic E-state index is 0.00867. The number of guanidine groups is 1. The number of carbonyl (C=O) groups is 5. The first-order valence-electron chi connectivity index (χ1n) is 18.0. The Balaban J connectivity index is 1.71. The van der Waals surface area contributed by atoms with Crippen LogP contribution in [0, 0.1) is 20.2 Å². The molecule has 0 radical (unpaired) electrons. The predicted octanol–water partition coefficient (Wildman–Crippen LogP) is 0.909. The van der Waals surface area contributed by atoms with Crippen molar-refractivity contribution in [2.45, 2.75) is 75.7 Å². The number of nitro groups is 2. The highest BCUT2D eigenvalue weighted by molar-refractivity contribution is 6.02. The number of aliphatic imine (C=N–C) groups is 1. The second-order valence-electron chi connectivity index (χ2n) is 13.2. The van der Waals surface area contributed by atoms with Gasteiger partial charge in [0.25, 0.3) is 17.3 Å². The average Bonchev–Trinajstić information content (AvgIpc) is 3.18. The quantitative estimate of drug-likeness (QED) is 0.0170. The number of aliphatic carboxylic acids is 1. The molecule has 1 unspecified atom stereocenters. The zero-order chi connectivity index (χ0) is 42.9. The van der Waals surface area contributed by atoms with E-state index >= 15 is 0 Å². The number of carbonyl (C=O) groups excluding carboxylic acids is 4. The number of nitrogens with one attached hydrogen (secondary N) is 4. The maximum atomic E-state index is 13.8. The minimum atomic E-state index is -1.46. The van der Waals surface area contributed by atoms with Crippen LogP contribution in [0.25, 0.3) is 0 Å². The third-order valence-corrected chi connectivity index (χ3v) is 8.88. The summed E-state index contributed by atoms with van der Waals surface area (Å²) in [6.45, 7) is 1.40. The van der Waals surface area contributed by atoms with Gasteiger partial charge in [-0.15, -0.1) is 0 Å². The molecule has 0 saturated carbocycles. The van der Waals surface area contributed by atoms with Gasteiger partial charge in [0.1, 0.15) is 24.2 Å². The number of hydrogen-bond acceptors (Lipinski definition) is 12. The zero-order valence-corrected chi connectivity index (χ0v) is 31.5. The summed E-state index contributed by atoms with van der Waals surface area (Å²) >= 11 is 0. The smallest absolute Gasteiger partial charge is 0.326 e. The molecule has 0 aliphatic rings. The maximum absolute atomic E-state index is 13.8. The van der Waals surface area contributed by atoms with Crippen molar-refractivity contribution in [1.29, 1.82) is 0 Å². The summed E-state index contributed by atoms with van der Waals surface area (Å²) in [6.07, 6.45) is 0.164. The van der Waals surface area contributed by atoms with Gasteiger partial charge in [0.15, 0.2) is 5.96 Å².